The van der Waals surface area contributed by atoms with Gasteiger partial charge in [0.1, 0.15) is 19.3 Å². The average Bonchev–Trinajstić information content (AvgIpc) is 0.928. The number of hydrogen-bond donors (Lipinski definition) is 3. The molecule has 0 saturated heterocycles. The number of hydrogen-bond acceptors (Lipinski definition) is 15. The molecule has 0 heterocycles. The van der Waals surface area contributed by atoms with Crippen LogP contribution in [0.2, 0.25) is 0 Å². The number of aliphatic hydroxyl groups is 1. The van der Waals surface area contributed by atoms with E-state index in [4.69, 9.17) is 37.0 Å². The number of rotatable bonds is 83. The molecule has 3 N–H and O–H groups in total. The van der Waals surface area contributed by atoms with Crippen LogP contribution in [0, 0.1) is 23.7 Å². The minimum absolute atomic E-state index is 0.106. The van der Waals surface area contributed by atoms with Gasteiger partial charge in [0, 0.05) is 25.7 Å². The number of ether oxygens (including phenoxy) is 4. The van der Waals surface area contributed by atoms with Gasteiger partial charge in [-0.2, -0.15) is 0 Å². The Hall–Kier alpha value is -1.94. The number of aliphatic hydroxyl groups excluding tert-OH is 1. The average molecular weight is 1540 g/mol. The fourth-order valence-corrected chi connectivity index (χ4v) is 14.8. The van der Waals surface area contributed by atoms with Crippen molar-refractivity contribution in [3.05, 3.63) is 0 Å². The van der Waals surface area contributed by atoms with Gasteiger partial charge in [0.2, 0.25) is 0 Å². The molecule has 4 unspecified atom stereocenters. The van der Waals surface area contributed by atoms with E-state index in [0.717, 1.165) is 120 Å². The van der Waals surface area contributed by atoms with Gasteiger partial charge in [0.25, 0.3) is 0 Å². The maximum absolute atomic E-state index is 13.1. The third-order valence-electron chi connectivity index (χ3n) is 20.8. The van der Waals surface area contributed by atoms with Crippen molar-refractivity contribution in [3.8, 4) is 0 Å². The first-order valence-electron chi connectivity index (χ1n) is 44.3. The Balaban J connectivity index is 5.23. The number of unbranched alkanes of at least 4 members (excludes halogenated alkanes) is 47. The van der Waals surface area contributed by atoms with Crippen molar-refractivity contribution in [2.45, 2.75) is 465 Å². The van der Waals surface area contributed by atoms with Crippen LogP contribution in [0.5, 0.6) is 0 Å². The van der Waals surface area contributed by atoms with Gasteiger partial charge in [0.15, 0.2) is 12.2 Å². The standard InChI is InChI=1S/C86H168O17P2/c1-9-78(7)64-56-48-40-34-28-22-17-18-24-30-36-42-52-60-68-85(90)102-81(72-96-83(88)66-58-50-41-35-29-23-16-14-12-11-13-15-20-26-32-38-46-54-62-76(3)4)74-100-104(92,93)98-70-80(87)71-99-105(94,95)101-75-82(73-97-84(89)67-59-51-45-44-49-57-65-79(8)10-2)103-86(91)69-61-53-43-37-31-25-19-21-27-33-39-47-55-63-77(5)6/h76-82,87H,9-75H2,1-8H3,(H,92,93)(H,94,95)/t78?,79?,80-,81-,82-/m1/s1. The molecule has 0 amide bonds. The fourth-order valence-electron chi connectivity index (χ4n) is 13.3. The third-order valence-corrected chi connectivity index (χ3v) is 22.7. The largest absolute Gasteiger partial charge is 0.472 e. The molecule has 105 heavy (non-hydrogen) atoms. The molecular formula is C86H168O17P2. The summed E-state index contributed by atoms with van der Waals surface area (Å²) in [6, 6.07) is 0. The van der Waals surface area contributed by atoms with Crippen LogP contribution in [0.25, 0.3) is 0 Å². The molecule has 0 aromatic heterocycles. The second kappa shape index (κ2) is 74.8. The van der Waals surface area contributed by atoms with Gasteiger partial charge in [-0.05, 0) is 49.4 Å². The van der Waals surface area contributed by atoms with Crippen molar-refractivity contribution in [2.75, 3.05) is 39.6 Å². The van der Waals surface area contributed by atoms with E-state index in [1.165, 1.54) is 244 Å². The van der Waals surface area contributed by atoms with Crippen LogP contribution in [0.4, 0.5) is 0 Å². The Morgan fingerprint density at radius 1 is 0.267 bits per heavy atom. The molecule has 0 spiro atoms. The number of esters is 4. The van der Waals surface area contributed by atoms with Crippen molar-refractivity contribution < 1.29 is 80.2 Å². The van der Waals surface area contributed by atoms with Crippen molar-refractivity contribution in [3.63, 3.8) is 0 Å². The predicted molar refractivity (Wildman–Crippen MR) is 432 cm³/mol. The van der Waals surface area contributed by atoms with E-state index in [9.17, 15) is 43.2 Å². The second-order valence-electron chi connectivity index (χ2n) is 32.4. The first kappa shape index (κ1) is 103. The highest BCUT2D eigenvalue weighted by Crippen LogP contribution is 2.45. The normalized spacial score (nSPS) is 14.4. The first-order valence-corrected chi connectivity index (χ1v) is 47.3. The van der Waals surface area contributed by atoms with Gasteiger partial charge in [-0.25, -0.2) is 9.13 Å². The maximum atomic E-state index is 13.1. The van der Waals surface area contributed by atoms with Crippen LogP contribution in [0.1, 0.15) is 447 Å². The lowest BCUT2D eigenvalue weighted by Gasteiger charge is -2.21. The van der Waals surface area contributed by atoms with Gasteiger partial charge in [-0.3, -0.25) is 37.3 Å². The summed E-state index contributed by atoms with van der Waals surface area (Å²) in [6.45, 7) is 14.3. The summed E-state index contributed by atoms with van der Waals surface area (Å²) in [7, 11) is -9.93. The van der Waals surface area contributed by atoms with Crippen LogP contribution in [-0.2, 0) is 65.4 Å². The topological polar surface area (TPSA) is 237 Å². The molecule has 0 aromatic carbocycles. The SMILES string of the molecule is CCC(C)CCCCCCCCCCCCCCCCC(=O)O[C@H](COC(=O)CCCCCCCCCCCCCCCCCCCCC(C)C)COP(=O)(O)OC[C@@H](O)COP(=O)(O)OC[C@@H](COC(=O)CCCCCCCCC(C)CC)OC(=O)CCCCCCCCCCCCCCCC(C)C. The highest BCUT2D eigenvalue weighted by molar-refractivity contribution is 7.47. The Bertz CT molecular complexity index is 2050. The molecule has 0 bridgehead atoms. The molecule has 0 saturated carbocycles. The van der Waals surface area contributed by atoms with Crippen molar-refractivity contribution in [1.82, 2.24) is 0 Å². The van der Waals surface area contributed by atoms with Crippen LogP contribution < -0.4 is 0 Å². The summed E-state index contributed by atoms with van der Waals surface area (Å²) < 4.78 is 68.9. The molecule has 0 radical (unpaired) electrons. The Kier molecular flexibility index (Phi) is 73.4. The zero-order chi connectivity index (χ0) is 77.4. The molecule has 0 fully saturated rings. The van der Waals surface area contributed by atoms with Crippen LogP contribution >= 0.6 is 15.6 Å². The van der Waals surface area contributed by atoms with E-state index in [0.29, 0.717) is 25.7 Å². The lowest BCUT2D eigenvalue weighted by Crippen LogP contribution is -2.30. The zero-order valence-corrected chi connectivity index (χ0v) is 71.2. The van der Waals surface area contributed by atoms with E-state index in [-0.39, 0.29) is 25.7 Å². The number of phosphoric acid groups is 2. The molecule has 624 valence electrons. The van der Waals surface area contributed by atoms with Gasteiger partial charge in [-0.1, -0.05) is 396 Å². The molecule has 19 heteroatoms. The summed E-state index contributed by atoms with van der Waals surface area (Å²) in [5.41, 5.74) is 0. The summed E-state index contributed by atoms with van der Waals surface area (Å²) in [5.74, 6) is 1.08. The van der Waals surface area contributed by atoms with Crippen LogP contribution in [0.15, 0.2) is 0 Å². The van der Waals surface area contributed by atoms with Crippen molar-refractivity contribution >= 4 is 39.5 Å². The molecule has 17 nitrogen and oxygen atoms in total. The predicted octanol–water partition coefficient (Wildman–Crippen LogP) is 25.9. The molecule has 0 aromatic rings. The molecule has 7 atom stereocenters. The van der Waals surface area contributed by atoms with E-state index in [2.05, 4.69) is 55.4 Å². The Morgan fingerprint density at radius 2 is 0.457 bits per heavy atom. The second-order valence-corrected chi connectivity index (χ2v) is 35.3. The zero-order valence-electron chi connectivity index (χ0n) is 69.4. The summed E-state index contributed by atoms with van der Waals surface area (Å²) in [4.78, 5) is 73.2. The smallest absolute Gasteiger partial charge is 0.462 e. The minimum Gasteiger partial charge on any atom is -0.462 e. The van der Waals surface area contributed by atoms with E-state index in [1.807, 2.05) is 0 Å². The van der Waals surface area contributed by atoms with E-state index >= 15 is 0 Å². The minimum atomic E-state index is -4.97. The monoisotopic (exact) mass is 1540 g/mol. The fraction of sp³-hybridized carbons (Fsp3) is 0.953. The highest BCUT2D eigenvalue weighted by Gasteiger charge is 2.31. The number of carbonyl (C=O) groups excluding carboxylic acids is 4. The summed E-state index contributed by atoms with van der Waals surface area (Å²) in [5, 5.41) is 10.7. The van der Waals surface area contributed by atoms with Gasteiger partial charge >= 0.3 is 39.5 Å². The molecule has 0 aliphatic carbocycles. The molecular weight excluding hydrogens is 1370 g/mol. The number of phosphoric ester groups is 2. The van der Waals surface area contributed by atoms with Crippen molar-refractivity contribution in [1.29, 1.82) is 0 Å². The highest BCUT2D eigenvalue weighted by atomic mass is 31.2. The molecule has 0 aliphatic rings. The van der Waals surface area contributed by atoms with Crippen molar-refractivity contribution in [2.24, 2.45) is 23.7 Å². The quantitative estimate of drug-likeness (QED) is 0.0222. The lowest BCUT2D eigenvalue weighted by atomic mass is 9.99. The van der Waals surface area contributed by atoms with Crippen LogP contribution in [0.3, 0.4) is 0 Å². The van der Waals surface area contributed by atoms with Gasteiger partial charge in [0.05, 0.1) is 26.4 Å². The Morgan fingerprint density at radius 3 is 0.676 bits per heavy atom. The Labute approximate surface area is 645 Å². The lowest BCUT2D eigenvalue weighted by molar-refractivity contribution is -0.161. The van der Waals surface area contributed by atoms with Gasteiger partial charge in [-0.15, -0.1) is 0 Å². The van der Waals surface area contributed by atoms with E-state index in [1.54, 1.807) is 0 Å². The molecule has 0 aliphatic heterocycles. The first-order chi connectivity index (χ1) is 50.7. The molecule has 0 rings (SSSR count). The third kappa shape index (κ3) is 77.2. The van der Waals surface area contributed by atoms with E-state index < -0.39 is 97.5 Å². The van der Waals surface area contributed by atoms with Gasteiger partial charge < -0.3 is 33.8 Å². The summed E-state index contributed by atoms with van der Waals surface area (Å²) in [6.07, 6.45) is 63.9. The maximum Gasteiger partial charge on any atom is 0.472 e. The number of carbonyl (C=O) groups is 4. The van der Waals surface area contributed by atoms with Crippen LogP contribution in [-0.4, -0.2) is 96.7 Å². The summed E-state index contributed by atoms with van der Waals surface area (Å²) >= 11 is 0.